The van der Waals surface area contributed by atoms with Crippen LogP contribution >= 0.6 is 0 Å². The Balaban J connectivity index is 1.68. The second kappa shape index (κ2) is 8.66. The van der Waals surface area contributed by atoms with E-state index in [9.17, 15) is 9.59 Å². The second-order valence-corrected chi connectivity index (χ2v) is 6.79. The molecule has 0 spiro atoms. The molecule has 156 valence electrons. The molecule has 2 N–H and O–H groups in total. The summed E-state index contributed by atoms with van der Waals surface area (Å²) in [5, 5.41) is 10.2. The number of aromatic nitrogens is 2. The summed E-state index contributed by atoms with van der Waals surface area (Å²) < 4.78 is 6.81. The number of nitrogens with zero attached hydrogens (tertiary/aromatic N) is 3. The molecule has 0 aliphatic carbocycles. The summed E-state index contributed by atoms with van der Waals surface area (Å²) in [6.07, 6.45) is 3.08. The van der Waals surface area contributed by atoms with Crippen molar-refractivity contribution in [2.45, 2.75) is 13.8 Å². The Kier molecular flexibility index (Phi) is 5.61. The van der Waals surface area contributed by atoms with E-state index in [2.05, 4.69) is 20.7 Å². The van der Waals surface area contributed by atoms with E-state index in [1.807, 2.05) is 48.5 Å². The molecule has 8 heteroatoms. The number of benzene rings is 2. The summed E-state index contributed by atoms with van der Waals surface area (Å²) in [6.45, 7) is 3.66. The molecule has 3 aromatic rings. The van der Waals surface area contributed by atoms with Gasteiger partial charge in [-0.1, -0.05) is 30.3 Å². The van der Waals surface area contributed by atoms with Crippen LogP contribution in [0.2, 0.25) is 0 Å². The van der Waals surface area contributed by atoms with Crippen molar-refractivity contribution in [3.8, 4) is 5.69 Å². The van der Waals surface area contributed by atoms with Crippen LogP contribution in [0.4, 0.5) is 11.4 Å². The van der Waals surface area contributed by atoms with E-state index in [0.717, 1.165) is 11.4 Å². The summed E-state index contributed by atoms with van der Waals surface area (Å²) in [7, 11) is 0. The minimum atomic E-state index is -0.570. The number of amidine groups is 1. The van der Waals surface area contributed by atoms with Crippen molar-refractivity contribution in [2.24, 2.45) is 4.99 Å². The van der Waals surface area contributed by atoms with Crippen LogP contribution in [0.5, 0.6) is 0 Å². The van der Waals surface area contributed by atoms with Crippen LogP contribution < -0.4 is 10.6 Å². The molecule has 2 heterocycles. The predicted octanol–water partition coefficient (Wildman–Crippen LogP) is 3.59. The number of carbonyl (C=O) groups excluding carboxylic acids is 2. The largest absolute Gasteiger partial charge is 0.462 e. The number of rotatable bonds is 4. The van der Waals surface area contributed by atoms with Crippen molar-refractivity contribution in [3.05, 3.63) is 83.8 Å². The Morgan fingerprint density at radius 1 is 1.10 bits per heavy atom. The molecule has 1 amide bonds. The zero-order valence-corrected chi connectivity index (χ0v) is 17.1. The lowest BCUT2D eigenvalue weighted by Gasteiger charge is -2.13. The molecule has 4 rings (SSSR count). The number of anilines is 1. The van der Waals surface area contributed by atoms with Gasteiger partial charge < -0.3 is 15.4 Å². The molecule has 0 bridgehead atoms. The molecule has 1 aromatic heterocycles. The minimum Gasteiger partial charge on any atom is -0.462 e. The van der Waals surface area contributed by atoms with Gasteiger partial charge in [-0.15, -0.1) is 0 Å². The highest BCUT2D eigenvalue weighted by Gasteiger charge is 2.26. The Bertz CT molecular complexity index is 1190. The lowest BCUT2D eigenvalue weighted by molar-refractivity contribution is -0.137. The van der Waals surface area contributed by atoms with Gasteiger partial charge in [0.2, 0.25) is 0 Å². The number of esters is 1. The van der Waals surface area contributed by atoms with E-state index in [-0.39, 0.29) is 18.0 Å². The maximum atomic E-state index is 13.0. The number of hydrogen-bond acceptors (Lipinski definition) is 6. The molecular formula is C23H21N5O3. The normalized spacial score (nSPS) is 12.9. The third kappa shape index (κ3) is 4.23. The zero-order chi connectivity index (χ0) is 21.8. The third-order valence-corrected chi connectivity index (χ3v) is 4.65. The van der Waals surface area contributed by atoms with Gasteiger partial charge in [-0.05, 0) is 38.1 Å². The maximum absolute atomic E-state index is 13.0. The predicted molar refractivity (Wildman–Crippen MR) is 118 cm³/mol. The van der Waals surface area contributed by atoms with Crippen molar-refractivity contribution in [2.75, 3.05) is 11.9 Å². The average Bonchev–Trinajstić information content (AvgIpc) is 3.21. The maximum Gasteiger partial charge on any atom is 0.343 e. The quantitative estimate of drug-likeness (QED) is 0.635. The number of ether oxygens (including phenoxy) is 1. The number of hydrogen-bond donors (Lipinski definition) is 2. The Labute approximate surface area is 179 Å². The van der Waals surface area contributed by atoms with Crippen LogP contribution in [-0.2, 0) is 9.53 Å². The van der Waals surface area contributed by atoms with Gasteiger partial charge in [-0.25, -0.2) is 14.5 Å². The lowest BCUT2D eigenvalue weighted by Crippen LogP contribution is -2.35. The molecule has 0 saturated carbocycles. The van der Waals surface area contributed by atoms with Crippen molar-refractivity contribution in [1.82, 2.24) is 15.1 Å². The third-order valence-electron chi connectivity index (χ3n) is 4.65. The smallest absolute Gasteiger partial charge is 0.343 e. The van der Waals surface area contributed by atoms with Gasteiger partial charge in [-0.2, -0.15) is 5.10 Å². The number of carbonyl (C=O) groups is 2. The second-order valence-electron chi connectivity index (χ2n) is 6.79. The number of aliphatic imine (C=N–C) groups is 1. The summed E-state index contributed by atoms with van der Waals surface area (Å²) in [5.41, 5.74) is 3.18. The van der Waals surface area contributed by atoms with Crippen LogP contribution in [0.25, 0.3) is 5.69 Å². The highest BCUT2D eigenvalue weighted by atomic mass is 16.5. The van der Waals surface area contributed by atoms with Gasteiger partial charge in [0.1, 0.15) is 11.4 Å². The fraction of sp³-hybridized carbons (Fsp3) is 0.130. The average molecular weight is 415 g/mol. The molecule has 0 atom stereocenters. The minimum absolute atomic E-state index is 0.117. The molecular weight excluding hydrogens is 394 g/mol. The van der Waals surface area contributed by atoms with E-state index < -0.39 is 11.9 Å². The van der Waals surface area contributed by atoms with E-state index in [1.54, 1.807) is 30.8 Å². The lowest BCUT2D eigenvalue weighted by atomic mass is 10.1. The molecule has 0 saturated heterocycles. The van der Waals surface area contributed by atoms with Crippen molar-refractivity contribution >= 4 is 29.1 Å². The number of fused-ring (bicyclic) bond motifs is 1. The van der Waals surface area contributed by atoms with E-state index >= 15 is 0 Å². The van der Waals surface area contributed by atoms with E-state index in [0.29, 0.717) is 16.9 Å². The SMILES string of the molecule is CCOC(=O)C1=C(C)Nc2ccccc2N=C1NC(=O)c1cnn(-c2ccccc2)c1. The van der Waals surface area contributed by atoms with Crippen LogP contribution in [0.1, 0.15) is 24.2 Å². The van der Waals surface area contributed by atoms with Crippen LogP contribution in [-0.4, -0.2) is 34.1 Å². The molecule has 2 aromatic carbocycles. The van der Waals surface area contributed by atoms with Gasteiger partial charge in [0, 0.05) is 11.9 Å². The number of allylic oxidation sites excluding steroid dienone is 1. The van der Waals surface area contributed by atoms with Gasteiger partial charge in [0.05, 0.1) is 35.4 Å². The monoisotopic (exact) mass is 415 g/mol. The van der Waals surface area contributed by atoms with Crippen LogP contribution in [0.15, 0.2) is 83.3 Å². The van der Waals surface area contributed by atoms with Crippen molar-refractivity contribution in [3.63, 3.8) is 0 Å². The van der Waals surface area contributed by atoms with Gasteiger partial charge in [0.15, 0.2) is 0 Å². The first-order valence-corrected chi connectivity index (χ1v) is 9.81. The summed E-state index contributed by atoms with van der Waals surface area (Å²) in [5.74, 6) is -0.889. The number of para-hydroxylation sites is 3. The topological polar surface area (TPSA) is 97.6 Å². The zero-order valence-electron chi connectivity index (χ0n) is 17.1. The molecule has 1 aliphatic rings. The molecule has 1 aliphatic heterocycles. The van der Waals surface area contributed by atoms with Gasteiger partial charge >= 0.3 is 5.97 Å². The summed E-state index contributed by atoms with van der Waals surface area (Å²) >= 11 is 0. The van der Waals surface area contributed by atoms with Crippen molar-refractivity contribution in [1.29, 1.82) is 0 Å². The molecule has 8 nitrogen and oxygen atoms in total. The summed E-state index contributed by atoms with van der Waals surface area (Å²) in [6, 6.07) is 16.8. The first-order chi connectivity index (χ1) is 15.1. The Hall–Kier alpha value is -4.20. The Morgan fingerprint density at radius 2 is 1.84 bits per heavy atom. The Morgan fingerprint density at radius 3 is 2.61 bits per heavy atom. The number of amides is 1. The fourth-order valence-corrected chi connectivity index (χ4v) is 3.18. The fourth-order valence-electron chi connectivity index (χ4n) is 3.18. The number of nitrogens with one attached hydrogen (secondary N) is 2. The standard InChI is InChI=1S/C23H21N5O3/c1-3-31-23(30)20-15(2)25-18-11-7-8-12-19(18)26-21(20)27-22(29)16-13-24-28(14-16)17-9-5-4-6-10-17/h4-14,25H,3H2,1-2H3,(H,26,27,29). The van der Waals surface area contributed by atoms with E-state index in [1.165, 1.54) is 6.20 Å². The molecule has 31 heavy (non-hydrogen) atoms. The van der Waals surface area contributed by atoms with Gasteiger partial charge in [-0.3, -0.25) is 4.79 Å². The van der Waals surface area contributed by atoms with Crippen LogP contribution in [0.3, 0.4) is 0 Å². The molecule has 0 unspecified atom stereocenters. The van der Waals surface area contributed by atoms with Gasteiger partial charge in [0.25, 0.3) is 5.91 Å². The highest BCUT2D eigenvalue weighted by Crippen LogP contribution is 2.30. The first kappa shape index (κ1) is 20.1. The highest BCUT2D eigenvalue weighted by molar-refractivity contribution is 6.25. The molecule has 0 radical (unpaired) electrons. The van der Waals surface area contributed by atoms with Crippen LogP contribution in [0, 0.1) is 0 Å². The first-order valence-electron chi connectivity index (χ1n) is 9.81. The molecule has 0 fully saturated rings. The van der Waals surface area contributed by atoms with E-state index in [4.69, 9.17) is 4.74 Å². The van der Waals surface area contributed by atoms with Crippen molar-refractivity contribution < 1.29 is 14.3 Å². The summed E-state index contributed by atoms with van der Waals surface area (Å²) in [4.78, 5) is 30.2.